The molecule has 4 aromatic rings. The number of halogens is 1. The number of benzene rings is 4. The Morgan fingerprint density at radius 1 is 0.822 bits per heavy atom. The number of amides is 2. The molecule has 0 aliphatic carbocycles. The smallest absolute Gasteiger partial charge is 0.264 e. The van der Waals surface area contributed by atoms with Gasteiger partial charge in [-0.25, -0.2) is 8.42 Å². The van der Waals surface area contributed by atoms with Crippen LogP contribution in [0.2, 0.25) is 5.02 Å². The van der Waals surface area contributed by atoms with Crippen LogP contribution in [0.5, 0.6) is 0 Å². The minimum atomic E-state index is -4.17. The van der Waals surface area contributed by atoms with E-state index >= 15 is 0 Å². The monoisotopic (exact) mass is 645 g/mol. The van der Waals surface area contributed by atoms with Crippen LogP contribution >= 0.6 is 11.6 Å². The standard InChI is InChI=1S/C36H40ClN3O4S/c1-26(2)23-38-36(42)34(22-29-15-7-5-8-16-29)39(24-30-17-11-12-20-32(30)37)35(41)25-40(33-21-13-14-27(3)28(33)4)45(43,44)31-18-9-6-10-19-31/h5-21,26,34H,22-25H2,1-4H3,(H,38,42). The number of carbonyl (C=O) groups is 2. The lowest BCUT2D eigenvalue weighted by Crippen LogP contribution is -2.53. The molecule has 0 spiro atoms. The molecule has 0 aliphatic rings. The molecule has 45 heavy (non-hydrogen) atoms. The molecule has 1 unspecified atom stereocenters. The van der Waals surface area contributed by atoms with Crippen LogP contribution < -0.4 is 9.62 Å². The van der Waals surface area contributed by atoms with E-state index in [0.717, 1.165) is 21.0 Å². The summed E-state index contributed by atoms with van der Waals surface area (Å²) in [6, 6.07) is 29.1. The van der Waals surface area contributed by atoms with Crippen molar-refractivity contribution in [3.05, 3.63) is 130 Å². The van der Waals surface area contributed by atoms with Gasteiger partial charge in [0.1, 0.15) is 12.6 Å². The molecule has 0 saturated carbocycles. The van der Waals surface area contributed by atoms with E-state index in [-0.39, 0.29) is 29.7 Å². The lowest BCUT2D eigenvalue weighted by Gasteiger charge is -2.34. The van der Waals surface area contributed by atoms with E-state index in [9.17, 15) is 18.0 Å². The van der Waals surface area contributed by atoms with Crippen LogP contribution in [0.4, 0.5) is 5.69 Å². The summed E-state index contributed by atoms with van der Waals surface area (Å²) < 4.78 is 29.5. The molecule has 9 heteroatoms. The third-order valence-electron chi connectivity index (χ3n) is 7.71. The van der Waals surface area contributed by atoms with E-state index in [4.69, 9.17) is 11.6 Å². The van der Waals surface area contributed by atoms with E-state index in [2.05, 4.69) is 5.32 Å². The quantitative estimate of drug-likeness (QED) is 0.178. The first kappa shape index (κ1) is 33.7. The maximum atomic E-state index is 14.6. The first-order valence-electron chi connectivity index (χ1n) is 15.0. The first-order chi connectivity index (χ1) is 21.5. The van der Waals surface area contributed by atoms with Crippen molar-refractivity contribution in [2.75, 3.05) is 17.4 Å². The van der Waals surface area contributed by atoms with Gasteiger partial charge in [-0.3, -0.25) is 13.9 Å². The molecule has 0 heterocycles. The lowest BCUT2D eigenvalue weighted by atomic mass is 10.0. The molecule has 1 N–H and O–H groups in total. The maximum Gasteiger partial charge on any atom is 0.264 e. The van der Waals surface area contributed by atoms with Crippen LogP contribution in [0.25, 0.3) is 0 Å². The average Bonchev–Trinajstić information content (AvgIpc) is 3.03. The van der Waals surface area contributed by atoms with Gasteiger partial charge in [0.25, 0.3) is 10.0 Å². The largest absolute Gasteiger partial charge is 0.354 e. The first-order valence-corrected chi connectivity index (χ1v) is 16.8. The van der Waals surface area contributed by atoms with Crippen molar-refractivity contribution in [3.8, 4) is 0 Å². The zero-order valence-electron chi connectivity index (χ0n) is 26.1. The van der Waals surface area contributed by atoms with E-state index in [1.54, 1.807) is 48.5 Å². The van der Waals surface area contributed by atoms with Crippen LogP contribution in [-0.4, -0.2) is 44.3 Å². The summed E-state index contributed by atoms with van der Waals surface area (Å²) in [5.41, 5.74) is 3.52. The Labute approximate surface area is 271 Å². The predicted molar refractivity (Wildman–Crippen MR) is 181 cm³/mol. The van der Waals surface area contributed by atoms with Crippen LogP contribution in [0.1, 0.15) is 36.1 Å². The highest BCUT2D eigenvalue weighted by Gasteiger charge is 2.35. The fraction of sp³-hybridized carbons (Fsp3) is 0.278. The lowest BCUT2D eigenvalue weighted by molar-refractivity contribution is -0.140. The molecule has 0 fully saturated rings. The molecule has 2 amide bonds. The summed E-state index contributed by atoms with van der Waals surface area (Å²) >= 11 is 6.57. The van der Waals surface area contributed by atoms with Gasteiger partial charge < -0.3 is 10.2 Å². The number of rotatable bonds is 13. The van der Waals surface area contributed by atoms with E-state index < -0.39 is 28.5 Å². The number of hydrogen-bond donors (Lipinski definition) is 1. The topological polar surface area (TPSA) is 86.8 Å². The van der Waals surface area contributed by atoms with Gasteiger partial charge in [-0.15, -0.1) is 0 Å². The predicted octanol–water partition coefficient (Wildman–Crippen LogP) is 6.56. The van der Waals surface area contributed by atoms with Gasteiger partial charge in [0.05, 0.1) is 10.6 Å². The van der Waals surface area contributed by atoms with Gasteiger partial charge in [-0.1, -0.05) is 104 Å². The number of sulfonamides is 1. The molecule has 4 aromatic carbocycles. The number of anilines is 1. The second kappa shape index (κ2) is 15.2. The summed E-state index contributed by atoms with van der Waals surface area (Å²) in [4.78, 5) is 30.0. The van der Waals surface area contributed by atoms with E-state index in [1.807, 2.05) is 70.2 Å². The Hall–Kier alpha value is -4.14. The van der Waals surface area contributed by atoms with Gasteiger partial charge in [0.2, 0.25) is 11.8 Å². The zero-order chi connectivity index (χ0) is 32.6. The number of hydrogen-bond acceptors (Lipinski definition) is 4. The van der Waals surface area contributed by atoms with Crippen molar-refractivity contribution in [2.45, 2.75) is 51.6 Å². The van der Waals surface area contributed by atoms with Gasteiger partial charge in [-0.2, -0.15) is 0 Å². The molecule has 0 aromatic heterocycles. The normalized spacial score (nSPS) is 12.0. The number of nitrogens with one attached hydrogen (secondary N) is 1. The molecular weight excluding hydrogens is 606 g/mol. The Morgan fingerprint density at radius 3 is 2.09 bits per heavy atom. The fourth-order valence-corrected chi connectivity index (χ4v) is 6.71. The van der Waals surface area contributed by atoms with Crippen molar-refractivity contribution in [3.63, 3.8) is 0 Å². The van der Waals surface area contributed by atoms with Crippen molar-refractivity contribution in [1.29, 1.82) is 0 Å². The van der Waals surface area contributed by atoms with Crippen molar-refractivity contribution in [2.24, 2.45) is 5.92 Å². The Balaban J connectivity index is 1.83. The van der Waals surface area contributed by atoms with Crippen molar-refractivity contribution < 1.29 is 18.0 Å². The zero-order valence-corrected chi connectivity index (χ0v) is 27.7. The van der Waals surface area contributed by atoms with E-state index in [0.29, 0.717) is 22.8 Å². The summed E-state index contributed by atoms with van der Waals surface area (Å²) in [5.74, 6) is -0.664. The molecule has 0 bridgehead atoms. The number of aryl methyl sites for hydroxylation is 1. The number of carbonyl (C=O) groups excluding carboxylic acids is 2. The molecule has 0 radical (unpaired) electrons. The molecular formula is C36H40ClN3O4S. The Morgan fingerprint density at radius 2 is 1.44 bits per heavy atom. The summed E-state index contributed by atoms with van der Waals surface area (Å²) in [6.45, 7) is 7.64. The minimum Gasteiger partial charge on any atom is -0.354 e. The second-order valence-corrected chi connectivity index (χ2v) is 13.8. The minimum absolute atomic E-state index is 0.0110. The van der Waals surface area contributed by atoms with Crippen LogP contribution in [-0.2, 0) is 32.6 Å². The summed E-state index contributed by atoms with van der Waals surface area (Å²) in [7, 11) is -4.17. The average molecular weight is 646 g/mol. The van der Waals surface area contributed by atoms with E-state index in [1.165, 1.54) is 17.0 Å². The highest BCUT2D eigenvalue weighted by atomic mass is 35.5. The van der Waals surface area contributed by atoms with Gasteiger partial charge in [0.15, 0.2) is 0 Å². The molecule has 7 nitrogen and oxygen atoms in total. The highest BCUT2D eigenvalue weighted by Crippen LogP contribution is 2.29. The van der Waals surface area contributed by atoms with Gasteiger partial charge in [-0.05, 0) is 66.3 Å². The highest BCUT2D eigenvalue weighted by molar-refractivity contribution is 7.92. The van der Waals surface area contributed by atoms with Crippen molar-refractivity contribution in [1.82, 2.24) is 10.2 Å². The SMILES string of the molecule is Cc1cccc(N(CC(=O)N(Cc2ccccc2Cl)C(Cc2ccccc2)C(=O)NCC(C)C)S(=O)(=O)c2ccccc2)c1C. The molecule has 0 aliphatic heterocycles. The van der Waals surface area contributed by atoms with Gasteiger partial charge >= 0.3 is 0 Å². The van der Waals surface area contributed by atoms with Gasteiger partial charge in [0, 0.05) is 24.5 Å². The van der Waals surface area contributed by atoms with Crippen LogP contribution in [0.3, 0.4) is 0 Å². The second-order valence-electron chi connectivity index (χ2n) is 11.5. The third kappa shape index (κ3) is 8.53. The summed E-state index contributed by atoms with van der Waals surface area (Å²) in [5, 5.41) is 3.44. The molecule has 1 atom stereocenters. The summed E-state index contributed by atoms with van der Waals surface area (Å²) in [6.07, 6.45) is 0.232. The van der Waals surface area contributed by atoms with Crippen molar-refractivity contribution >= 4 is 39.1 Å². The maximum absolute atomic E-state index is 14.6. The fourth-order valence-electron chi connectivity index (χ4n) is 5.03. The number of nitrogens with zero attached hydrogens (tertiary/aromatic N) is 2. The Bertz CT molecular complexity index is 1710. The molecule has 4 rings (SSSR count). The Kier molecular flexibility index (Phi) is 11.4. The molecule has 0 saturated heterocycles. The van der Waals surface area contributed by atoms with Crippen LogP contribution in [0, 0.1) is 19.8 Å². The van der Waals surface area contributed by atoms with Crippen LogP contribution in [0.15, 0.2) is 108 Å². The molecule has 236 valence electrons. The third-order valence-corrected chi connectivity index (χ3v) is 9.85.